The van der Waals surface area contributed by atoms with Crippen LogP contribution in [0.25, 0.3) is 27.5 Å². The van der Waals surface area contributed by atoms with E-state index in [0.29, 0.717) is 0 Å². The Morgan fingerprint density at radius 1 is 0.737 bits per heavy atom. The Morgan fingerprint density at radius 2 is 1.58 bits per heavy atom. The number of para-hydroxylation sites is 2. The van der Waals surface area contributed by atoms with Crippen LogP contribution in [0, 0.1) is 0 Å². The Kier molecular flexibility index (Phi) is 2.15. The minimum Gasteiger partial charge on any atom is -0.314 e. The third-order valence-electron chi connectivity index (χ3n) is 3.47. The second-order valence-electron chi connectivity index (χ2n) is 4.60. The fourth-order valence-electron chi connectivity index (χ4n) is 2.58. The number of aromatic nitrogens is 2. The van der Waals surface area contributed by atoms with Gasteiger partial charge >= 0.3 is 0 Å². The van der Waals surface area contributed by atoms with Gasteiger partial charge < -0.3 is 4.57 Å². The molecule has 2 heteroatoms. The highest BCUT2D eigenvalue weighted by Crippen LogP contribution is 2.25. The van der Waals surface area contributed by atoms with Crippen molar-refractivity contribution in [2.45, 2.75) is 0 Å². The van der Waals surface area contributed by atoms with Gasteiger partial charge in [0.2, 0.25) is 0 Å². The van der Waals surface area contributed by atoms with Crippen LogP contribution in [-0.2, 0) is 0 Å². The van der Waals surface area contributed by atoms with Crippen LogP contribution in [0.5, 0.6) is 0 Å². The summed E-state index contributed by atoms with van der Waals surface area (Å²) in [7, 11) is 0. The lowest BCUT2D eigenvalue weighted by atomic mass is 10.2. The van der Waals surface area contributed by atoms with Crippen LogP contribution < -0.4 is 0 Å². The lowest BCUT2D eigenvalue weighted by Gasteiger charge is -2.08. The van der Waals surface area contributed by atoms with Gasteiger partial charge in [0.1, 0.15) is 0 Å². The van der Waals surface area contributed by atoms with E-state index in [-0.39, 0.29) is 0 Å². The molecule has 0 fully saturated rings. The molecule has 0 unspecified atom stereocenters. The molecular weight excluding hydrogens is 232 g/mol. The number of pyridine rings is 1. The normalized spacial score (nSPS) is 11.2. The van der Waals surface area contributed by atoms with Crippen LogP contribution >= 0.6 is 0 Å². The SMILES string of the molecule is c1cnc2c(-n3ccc4ccccc43)cccc2c1. The molecule has 0 amide bonds. The number of hydrogen-bond acceptors (Lipinski definition) is 1. The van der Waals surface area contributed by atoms with E-state index in [9.17, 15) is 0 Å². The van der Waals surface area contributed by atoms with Gasteiger partial charge in [0.25, 0.3) is 0 Å². The first-order valence-electron chi connectivity index (χ1n) is 6.34. The molecule has 0 radical (unpaired) electrons. The molecule has 2 aromatic carbocycles. The average Bonchev–Trinajstić information content (AvgIpc) is 2.90. The van der Waals surface area contributed by atoms with Crippen molar-refractivity contribution in [2.75, 3.05) is 0 Å². The van der Waals surface area contributed by atoms with Crippen molar-refractivity contribution in [1.29, 1.82) is 0 Å². The monoisotopic (exact) mass is 244 g/mol. The summed E-state index contributed by atoms with van der Waals surface area (Å²) >= 11 is 0. The summed E-state index contributed by atoms with van der Waals surface area (Å²) in [6, 6.07) is 20.9. The molecule has 0 saturated heterocycles. The summed E-state index contributed by atoms with van der Waals surface area (Å²) in [5.41, 5.74) is 3.37. The summed E-state index contributed by atoms with van der Waals surface area (Å²) in [6.07, 6.45) is 3.95. The van der Waals surface area contributed by atoms with E-state index in [0.717, 1.165) is 16.6 Å². The molecule has 90 valence electrons. The van der Waals surface area contributed by atoms with Gasteiger partial charge in [0, 0.05) is 17.8 Å². The van der Waals surface area contributed by atoms with Crippen molar-refractivity contribution in [1.82, 2.24) is 9.55 Å². The highest BCUT2D eigenvalue weighted by molar-refractivity contribution is 5.90. The first-order valence-corrected chi connectivity index (χ1v) is 6.34. The van der Waals surface area contributed by atoms with E-state index in [4.69, 9.17) is 0 Å². The van der Waals surface area contributed by atoms with Gasteiger partial charge in [-0.2, -0.15) is 0 Å². The maximum Gasteiger partial charge on any atom is 0.0942 e. The van der Waals surface area contributed by atoms with Crippen molar-refractivity contribution in [3.63, 3.8) is 0 Å². The average molecular weight is 244 g/mol. The number of benzene rings is 2. The van der Waals surface area contributed by atoms with Crippen LogP contribution in [0.3, 0.4) is 0 Å². The van der Waals surface area contributed by atoms with E-state index in [1.54, 1.807) is 0 Å². The minimum absolute atomic E-state index is 1.03. The molecule has 2 nitrogen and oxygen atoms in total. The maximum absolute atomic E-state index is 4.52. The first kappa shape index (κ1) is 10.3. The lowest BCUT2D eigenvalue weighted by molar-refractivity contribution is 1.13. The summed E-state index contributed by atoms with van der Waals surface area (Å²) in [5, 5.41) is 2.41. The van der Waals surface area contributed by atoms with Gasteiger partial charge in [-0.25, -0.2) is 0 Å². The third-order valence-corrected chi connectivity index (χ3v) is 3.47. The van der Waals surface area contributed by atoms with Crippen LogP contribution in [0.15, 0.2) is 73.1 Å². The molecule has 2 aromatic heterocycles. The Balaban J connectivity index is 2.10. The molecule has 0 saturated carbocycles. The van der Waals surface area contributed by atoms with Gasteiger partial charge in [-0.05, 0) is 29.7 Å². The van der Waals surface area contributed by atoms with Gasteiger partial charge in [-0.15, -0.1) is 0 Å². The zero-order valence-corrected chi connectivity index (χ0v) is 10.3. The topological polar surface area (TPSA) is 17.8 Å². The summed E-state index contributed by atoms with van der Waals surface area (Å²) in [4.78, 5) is 4.52. The highest BCUT2D eigenvalue weighted by atomic mass is 15.0. The van der Waals surface area contributed by atoms with Crippen LogP contribution in [0.2, 0.25) is 0 Å². The number of hydrogen-bond donors (Lipinski definition) is 0. The number of nitrogens with zero attached hydrogens (tertiary/aromatic N) is 2. The molecular formula is C17H12N2. The van der Waals surface area contributed by atoms with E-state index in [1.807, 2.05) is 12.3 Å². The Bertz CT molecular complexity index is 869. The number of rotatable bonds is 1. The minimum atomic E-state index is 1.03. The van der Waals surface area contributed by atoms with Crippen LogP contribution in [0.1, 0.15) is 0 Å². The zero-order valence-electron chi connectivity index (χ0n) is 10.3. The molecule has 0 spiro atoms. The predicted molar refractivity (Wildman–Crippen MR) is 78.6 cm³/mol. The highest BCUT2D eigenvalue weighted by Gasteiger charge is 2.06. The summed E-state index contributed by atoms with van der Waals surface area (Å²) in [6.45, 7) is 0. The molecule has 2 heterocycles. The van der Waals surface area contributed by atoms with Crippen molar-refractivity contribution >= 4 is 21.8 Å². The molecule has 0 bridgehead atoms. The molecule has 0 aliphatic heterocycles. The van der Waals surface area contributed by atoms with E-state index >= 15 is 0 Å². The van der Waals surface area contributed by atoms with Crippen molar-refractivity contribution in [3.8, 4) is 5.69 Å². The van der Waals surface area contributed by atoms with E-state index in [1.165, 1.54) is 10.9 Å². The molecule has 4 rings (SSSR count). The standard InChI is InChI=1S/C17H12N2/c1-2-8-15-13(5-1)10-12-19(15)16-9-3-6-14-7-4-11-18-17(14)16/h1-12H. The Hall–Kier alpha value is -2.61. The Morgan fingerprint density at radius 3 is 2.58 bits per heavy atom. The van der Waals surface area contributed by atoms with Crippen LogP contribution in [-0.4, -0.2) is 9.55 Å². The summed E-state index contributed by atoms with van der Waals surface area (Å²) in [5.74, 6) is 0. The molecule has 19 heavy (non-hydrogen) atoms. The largest absolute Gasteiger partial charge is 0.314 e. The summed E-state index contributed by atoms with van der Waals surface area (Å²) < 4.78 is 2.20. The Labute approximate surface area is 110 Å². The molecule has 0 aliphatic carbocycles. The van der Waals surface area contributed by atoms with Gasteiger partial charge in [-0.3, -0.25) is 4.98 Å². The molecule has 4 aromatic rings. The fraction of sp³-hybridized carbons (Fsp3) is 0. The van der Waals surface area contributed by atoms with Gasteiger partial charge in [0.05, 0.1) is 16.7 Å². The second kappa shape index (κ2) is 3.95. The zero-order chi connectivity index (χ0) is 12.7. The maximum atomic E-state index is 4.52. The molecule has 0 N–H and O–H groups in total. The molecule has 0 atom stereocenters. The lowest BCUT2D eigenvalue weighted by Crippen LogP contribution is -1.94. The molecule has 0 aliphatic rings. The van der Waals surface area contributed by atoms with Gasteiger partial charge in [-0.1, -0.05) is 36.4 Å². The fourth-order valence-corrected chi connectivity index (χ4v) is 2.58. The van der Waals surface area contributed by atoms with E-state index in [2.05, 4.69) is 70.3 Å². The van der Waals surface area contributed by atoms with Crippen molar-refractivity contribution < 1.29 is 0 Å². The third kappa shape index (κ3) is 1.54. The van der Waals surface area contributed by atoms with Crippen LogP contribution in [0.4, 0.5) is 0 Å². The van der Waals surface area contributed by atoms with Crippen molar-refractivity contribution in [2.24, 2.45) is 0 Å². The van der Waals surface area contributed by atoms with Crippen molar-refractivity contribution in [3.05, 3.63) is 73.1 Å². The second-order valence-corrected chi connectivity index (χ2v) is 4.60. The quantitative estimate of drug-likeness (QED) is 0.491. The predicted octanol–water partition coefficient (Wildman–Crippen LogP) is 4.18. The first-order chi connectivity index (χ1) is 9.43. The van der Waals surface area contributed by atoms with Gasteiger partial charge in [0.15, 0.2) is 0 Å². The smallest absolute Gasteiger partial charge is 0.0942 e. The van der Waals surface area contributed by atoms with E-state index < -0.39 is 0 Å². The number of fused-ring (bicyclic) bond motifs is 2.